The number of aliphatic hydroxyl groups is 1. The van der Waals surface area contributed by atoms with Crippen molar-refractivity contribution in [2.24, 2.45) is 0 Å². The van der Waals surface area contributed by atoms with Crippen LogP contribution < -0.4 is 5.32 Å². The Hall–Kier alpha value is -1.69. The van der Waals surface area contributed by atoms with Crippen LogP contribution in [0.4, 0.5) is 5.69 Å². The molecule has 0 aliphatic heterocycles. The second-order valence-electron chi connectivity index (χ2n) is 4.43. The molecule has 110 valence electrons. The summed E-state index contributed by atoms with van der Waals surface area (Å²) in [6.07, 6.45) is 0.250. The number of nitrogens with one attached hydrogen (secondary N) is 1. The number of Topliss-reactive ketones (excluding diaryl/α,β-unsaturated/α-hetero) is 1. The summed E-state index contributed by atoms with van der Waals surface area (Å²) in [4.78, 5) is 24.2. The van der Waals surface area contributed by atoms with Crippen LogP contribution in [0.5, 0.6) is 0 Å². The number of carbonyl (C=O) groups excluding carboxylic acids is 2. The van der Waals surface area contributed by atoms with Crippen LogP contribution in [0.15, 0.2) is 36.4 Å². The van der Waals surface area contributed by atoms with Gasteiger partial charge in [-0.1, -0.05) is 23.7 Å². The van der Waals surface area contributed by atoms with Crippen LogP contribution in [0.2, 0.25) is 4.34 Å². The first-order valence-corrected chi connectivity index (χ1v) is 7.56. The number of hydrogen-bond acceptors (Lipinski definition) is 4. The van der Waals surface area contributed by atoms with Crippen molar-refractivity contribution in [3.63, 3.8) is 0 Å². The highest BCUT2D eigenvalue weighted by Crippen LogP contribution is 2.23. The maximum Gasteiger partial charge on any atom is 0.224 e. The number of aliphatic hydroxyl groups excluding tert-OH is 1. The van der Waals surface area contributed by atoms with Gasteiger partial charge in [-0.2, -0.15) is 0 Å². The Kier molecular flexibility index (Phi) is 5.50. The van der Waals surface area contributed by atoms with Gasteiger partial charge in [0.25, 0.3) is 0 Å². The topological polar surface area (TPSA) is 66.4 Å². The number of carbonyl (C=O) groups is 2. The highest BCUT2D eigenvalue weighted by atomic mass is 35.5. The first kappa shape index (κ1) is 15.7. The molecule has 0 aliphatic rings. The molecule has 0 fully saturated rings. The molecule has 1 aromatic carbocycles. The molecule has 2 N–H and O–H groups in total. The van der Waals surface area contributed by atoms with Gasteiger partial charge in [-0.05, 0) is 29.8 Å². The Balaban J connectivity index is 1.85. The molecule has 0 radical (unpaired) electrons. The highest BCUT2D eigenvalue weighted by molar-refractivity contribution is 7.18. The first-order chi connectivity index (χ1) is 10.1. The fourth-order valence-electron chi connectivity index (χ4n) is 1.79. The molecule has 2 rings (SSSR count). The van der Waals surface area contributed by atoms with Gasteiger partial charge in [-0.25, -0.2) is 0 Å². The molecule has 6 heteroatoms. The van der Waals surface area contributed by atoms with Gasteiger partial charge in [0.1, 0.15) is 0 Å². The van der Waals surface area contributed by atoms with E-state index in [1.165, 1.54) is 11.3 Å². The molecule has 0 aliphatic carbocycles. The SMILES string of the molecule is O=C(CCC(=O)c1ccc(Cl)s1)Nc1cccc(CO)c1. The first-order valence-electron chi connectivity index (χ1n) is 6.36. The van der Waals surface area contributed by atoms with Gasteiger partial charge in [0.05, 0.1) is 15.8 Å². The minimum Gasteiger partial charge on any atom is -0.392 e. The number of rotatable bonds is 6. The third-order valence-corrected chi connectivity index (χ3v) is 4.09. The van der Waals surface area contributed by atoms with E-state index < -0.39 is 0 Å². The monoisotopic (exact) mass is 323 g/mol. The Morgan fingerprint density at radius 3 is 2.67 bits per heavy atom. The summed E-state index contributed by atoms with van der Waals surface area (Å²) in [5, 5.41) is 11.7. The minimum absolute atomic E-state index is 0.0820. The highest BCUT2D eigenvalue weighted by Gasteiger charge is 2.11. The average molecular weight is 324 g/mol. The van der Waals surface area contributed by atoms with Gasteiger partial charge in [-0.15, -0.1) is 11.3 Å². The van der Waals surface area contributed by atoms with E-state index in [2.05, 4.69) is 5.32 Å². The van der Waals surface area contributed by atoms with E-state index in [4.69, 9.17) is 16.7 Å². The minimum atomic E-state index is -0.235. The third kappa shape index (κ3) is 4.67. The van der Waals surface area contributed by atoms with Crippen molar-refractivity contribution in [1.29, 1.82) is 0 Å². The fourth-order valence-corrected chi connectivity index (χ4v) is 2.80. The summed E-state index contributed by atoms with van der Waals surface area (Å²) in [7, 11) is 0. The van der Waals surface area contributed by atoms with Crippen molar-refractivity contribution in [3.8, 4) is 0 Å². The number of anilines is 1. The molecule has 0 saturated heterocycles. The zero-order valence-corrected chi connectivity index (χ0v) is 12.7. The Labute approximate surface area is 131 Å². The van der Waals surface area contributed by atoms with Gasteiger partial charge in [0, 0.05) is 18.5 Å². The smallest absolute Gasteiger partial charge is 0.224 e. The van der Waals surface area contributed by atoms with E-state index in [-0.39, 0.29) is 31.1 Å². The van der Waals surface area contributed by atoms with E-state index in [0.29, 0.717) is 14.9 Å². The van der Waals surface area contributed by atoms with Crippen molar-refractivity contribution in [1.82, 2.24) is 0 Å². The molecule has 0 unspecified atom stereocenters. The van der Waals surface area contributed by atoms with Crippen molar-refractivity contribution in [2.75, 3.05) is 5.32 Å². The van der Waals surface area contributed by atoms with E-state index in [0.717, 1.165) is 5.56 Å². The normalized spacial score (nSPS) is 10.4. The lowest BCUT2D eigenvalue weighted by atomic mass is 10.1. The summed E-state index contributed by atoms with van der Waals surface area (Å²) in [5.41, 5.74) is 1.33. The lowest BCUT2D eigenvalue weighted by Crippen LogP contribution is -2.13. The van der Waals surface area contributed by atoms with Crippen molar-refractivity contribution in [2.45, 2.75) is 19.4 Å². The van der Waals surface area contributed by atoms with Crippen LogP contribution in [0.1, 0.15) is 28.1 Å². The Morgan fingerprint density at radius 1 is 1.19 bits per heavy atom. The molecule has 1 heterocycles. The molecule has 0 saturated carbocycles. The average Bonchev–Trinajstić information content (AvgIpc) is 2.91. The molecule has 1 amide bonds. The zero-order valence-electron chi connectivity index (χ0n) is 11.1. The maximum absolute atomic E-state index is 11.9. The summed E-state index contributed by atoms with van der Waals surface area (Å²) in [6, 6.07) is 10.3. The van der Waals surface area contributed by atoms with Crippen LogP contribution in [0.3, 0.4) is 0 Å². The van der Waals surface area contributed by atoms with Gasteiger partial charge >= 0.3 is 0 Å². The van der Waals surface area contributed by atoms with Crippen LogP contribution >= 0.6 is 22.9 Å². The van der Waals surface area contributed by atoms with Crippen LogP contribution in [-0.2, 0) is 11.4 Å². The zero-order chi connectivity index (χ0) is 15.2. The quantitative estimate of drug-likeness (QED) is 0.800. The molecule has 0 spiro atoms. The van der Waals surface area contributed by atoms with E-state index in [9.17, 15) is 9.59 Å². The Morgan fingerprint density at radius 2 is 2.00 bits per heavy atom. The van der Waals surface area contributed by atoms with Crippen LogP contribution in [0.25, 0.3) is 0 Å². The number of amides is 1. The number of hydrogen-bond donors (Lipinski definition) is 2. The second kappa shape index (κ2) is 7.36. The summed E-state index contributed by atoms with van der Waals surface area (Å²) < 4.78 is 0.559. The van der Waals surface area contributed by atoms with Crippen molar-refractivity contribution >= 4 is 40.3 Å². The molecule has 1 aromatic heterocycles. The summed E-state index contributed by atoms with van der Waals surface area (Å²) in [5.74, 6) is -0.327. The van der Waals surface area contributed by atoms with E-state index in [1.807, 2.05) is 0 Å². The third-order valence-electron chi connectivity index (χ3n) is 2.82. The van der Waals surface area contributed by atoms with Crippen molar-refractivity contribution < 1.29 is 14.7 Å². The molecule has 4 nitrogen and oxygen atoms in total. The number of thiophene rings is 1. The molecule has 0 atom stereocenters. The van der Waals surface area contributed by atoms with Gasteiger partial charge < -0.3 is 10.4 Å². The largest absolute Gasteiger partial charge is 0.392 e. The van der Waals surface area contributed by atoms with Gasteiger partial charge in [0.2, 0.25) is 5.91 Å². The van der Waals surface area contributed by atoms with Gasteiger partial charge in [-0.3, -0.25) is 9.59 Å². The van der Waals surface area contributed by atoms with E-state index in [1.54, 1.807) is 36.4 Å². The van der Waals surface area contributed by atoms with Crippen LogP contribution in [0, 0.1) is 0 Å². The predicted molar refractivity (Wildman–Crippen MR) is 83.9 cm³/mol. The predicted octanol–water partition coefficient (Wildman–Crippen LogP) is 3.50. The lowest BCUT2D eigenvalue weighted by molar-refractivity contribution is -0.116. The van der Waals surface area contributed by atoms with E-state index >= 15 is 0 Å². The number of halogens is 1. The molecule has 21 heavy (non-hydrogen) atoms. The molecular weight excluding hydrogens is 310 g/mol. The molecule has 0 bridgehead atoms. The number of ketones is 1. The lowest BCUT2D eigenvalue weighted by Gasteiger charge is -2.06. The van der Waals surface area contributed by atoms with Crippen LogP contribution in [-0.4, -0.2) is 16.8 Å². The van der Waals surface area contributed by atoms with Crippen molar-refractivity contribution in [3.05, 3.63) is 51.2 Å². The molecular formula is C15H14ClNO3S. The fraction of sp³-hybridized carbons (Fsp3) is 0.200. The Bertz CT molecular complexity index is 654. The second-order valence-corrected chi connectivity index (χ2v) is 6.15. The molecule has 2 aromatic rings. The standard InChI is InChI=1S/C15H14ClNO3S/c16-14-6-5-13(21-14)12(19)4-7-15(20)17-11-3-1-2-10(8-11)9-18/h1-3,5-6,8,18H,4,7,9H2,(H,17,20). The summed E-state index contributed by atoms with van der Waals surface area (Å²) >= 11 is 6.98. The van der Waals surface area contributed by atoms with Gasteiger partial charge in [0.15, 0.2) is 5.78 Å². The number of benzene rings is 1. The summed E-state index contributed by atoms with van der Waals surface area (Å²) in [6.45, 7) is -0.0820. The maximum atomic E-state index is 11.9.